The van der Waals surface area contributed by atoms with E-state index in [1.165, 1.54) is 0 Å². The molecular formula is C21H22ClN5O. The van der Waals surface area contributed by atoms with Crippen LogP contribution in [0.25, 0.3) is 16.7 Å². The third-order valence-electron chi connectivity index (χ3n) is 4.61. The number of aromatic amines is 1. The van der Waals surface area contributed by atoms with Crippen LogP contribution in [0.2, 0.25) is 5.02 Å². The summed E-state index contributed by atoms with van der Waals surface area (Å²) in [6, 6.07) is 13.7. The normalized spacial score (nSPS) is 11.2. The van der Waals surface area contributed by atoms with Crippen LogP contribution in [0.4, 0.5) is 0 Å². The first-order valence-corrected chi connectivity index (χ1v) is 9.62. The molecule has 0 amide bonds. The molecule has 0 aliphatic carbocycles. The molecule has 4 aromatic rings. The van der Waals surface area contributed by atoms with E-state index in [0.29, 0.717) is 0 Å². The van der Waals surface area contributed by atoms with Crippen molar-refractivity contribution in [1.29, 1.82) is 0 Å². The number of nitrogens with zero attached hydrogens (tertiary/aromatic N) is 3. The van der Waals surface area contributed by atoms with Crippen molar-refractivity contribution in [1.82, 2.24) is 25.1 Å². The second kappa shape index (κ2) is 8.46. The number of H-pyrrole nitrogens is 1. The van der Waals surface area contributed by atoms with Gasteiger partial charge in [0.25, 0.3) is 0 Å². The van der Waals surface area contributed by atoms with Gasteiger partial charge in [-0.2, -0.15) is 5.10 Å². The Labute approximate surface area is 168 Å². The predicted molar refractivity (Wildman–Crippen MR) is 111 cm³/mol. The molecule has 0 spiro atoms. The van der Waals surface area contributed by atoms with Crippen LogP contribution < -0.4 is 10.1 Å². The van der Waals surface area contributed by atoms with Crippen LogP contribution in [0.1, 0.15) is 17.8 Å². The average Bonchev–Trinajstić information content (AvgIpc) is 3.37. The van der Waals surface area contributed by atoms with E-state index in [2.05, 4.69) is 20.4 Å². The maximum atomic E-state index is 6.03. The van der Waals surface area contributed by atoms with Crippen LogP contribution >= 0.6 is 11.6 Å². The molecule has 0 saturated heterocycles. The molecule has 0 unspecified atom stereocenters. The topological polar surface area (TPSA) is 67.8 Å². The monoisotopic (exact) mass is 395 g/mol. The van der Waals surface area contributed by atoms with Crippen LogP contribution in [0.3, 0.4) is 0 Å². The maximum absolute atomic E-state index is 6.03. The van der Waals surface area contributed by atoms with Crippen LogP contribution in [0.5, 0.6) is 5.75 Å². The van der Waals surface area contributed by atoms with Crippen molar-refractivity contribution in [3.8, 4) is 11.4 Å². The zero-order valence-electron chi connectivity index (χ0n) is 15.7. The lowest BCUT2D eigenvalue weighted by molar-refractivity contribution is 0.414. The smallest absolute Gasteiger partial charge is 0.119 e. The van der Waals surface area contributed by atoms with Gasteiger partial charge in [0.1, 0.15) is 11.6 Å². The lowest BCUT2D eigenvalue weighted by Gasteiger charge is -2.12. The summed E-state index contributed by atoms with van der Waals surface area (Å²) in [4.78, 5) is 7.95. The number of imidazole rings is 1. The molecule has 2 heterocycles. The van der Waals surface area contributed by atoms with E-state index in [9.17, 15) is 0 Å². The number of methoxy groups -OCH3 is 1. The second-order valence-corrected chi connectivity index (χ2v) is 7.01. The Bertz CT molecular complexity index is 1060. The molecule has 2 aromatic heterocycles. The number of halogens is 1. The fourth-order valence-corrected chi connectivity index (χ4v) is 3.39. The number of benzene rings is 2. The Balaban J connectivity index is 1.34. The fraction of sp³-hybridized carbons (Fsp3) is 0.238. The lowest BCUT2D eigenvalue weighted by atomic mass is 10.1. The molecule has 0 saturated carbocycles. The number of hydrogen-bond donors (Lipinski definition) is 2. The fourth-order valence-electron chi connectivity index (χ4n) is 3.22. The van der Waals surface area contributed by atoms with Gasteiger partial charge in [-0.05, 0) is 61.0 Å². The summed E-state index contributed by atoms with van der Waals surface area (Å²) < 4.78 is 7.24. The third kappa shape index (κ3) is 4.18. The summed E-state index contributed by atoms with van der Waals surface area (Å²) in [6.45, 7) is 1.62. The molecule has 2 N–H and O–H groups in total. The second-order valence-electron chi connectivity index (χ2n) is 6.57. The number of nitrogens with one attached hydrogen (secondary N) is 2. The van der Waals surface area contributed by atoms with Crippen LogP contribution in [-0.4, -0.2) is 33.4 Å². The summed E-state index contributed by atoms with van der Waals surface area (Å²) in [5.41, 5.74) is 4.12. The largest absolute Gasteiger partial charge is 0.497 e. The standard InChI is InChI=1S/C21H22ClN5O/c1-28-17-6-8-20(27-11-3-10-24-27)15(12-17)14-23-9-2-4-21-25-18-7-5-16(22)13-19(18)26-21/h3,5-8,10-13,23H,2,4,9,14H2,1H3,(H,25,26). The van der Waals surface area contributed by atoms with Crippen molar-refractivity contribution >= 4 is 22.6 Å². The summed E-state index contributed by atoms with van der Waals surface area (Å²) in [6.07, 6.45) is 5.58. The Morgan fingerprint density at radius 1 is 1.21 bits per heavy atom. The summed E-state index contributed by atoms with van der Waals surface area (Å²) in [7, 11) is 1.68. The minimum atomic E-state index is 0.718. The molecule has 0 radical (unpaired) electrons. The van der Waals surface area contributed by atoms with Crippen molar-refractivity contribution in [2.45, 2.75) is 19.4 Å². The van der Waals surface area contributed by atoms with Crippen molar-refractivity contribution in [2.24, 2.45) is 0 Å². The average molecular weight is 396 g/mol. The summed E-state index contributed by atoms with van der Waals surface area (Å²) >= 11 is 6.03. The molecule has 28 heavy (non-hydrogen) atoms. The van der Waals surface area contributed by atoms with Crippen molar-refractivity contribution in [3.63, 3.8) is 0 Å². The molecule has 0 atom stereocenters. The first-order chi connectivity index (χ1) is 13.7. The Morgan fingerprint density at radius 3 is 2.96 bits per heavy atom. The third-order valence-corrected chi connectivity index (χ3v) is 4.85. The first kappa shape index (κ1) is 18.5. The number of ether oxygens (including phenoxy) is 1. The van der Waals surface area contributed by atoms with E-state index in [0.717, 1.165) is 64.8 Å². The highest BCUT2D eigenvalue weighted by Crippen LogP contribution is 2.21. The van der Waals surface area contributed by atoms with Gasteiger partial charge in [0.15, 0.2) is 0 Å². The molecule has 6 nitrogen and oxygen atoms in total. The van der Waals surface area contributed by atoms with E-state index < -0.39 is 0 Å². The Morgan fingerprint density at radius 2 is 2.14 bits per heavy atom. The molecule has 2 aromatic carbocycles. The minimum absolute atomic E-state index is 0.718. The quantitative estimate of drug-likeness (QED) is 0.440. The van der Waals surface area contributed by atoms with Gasteiger partial charge >= 0.3 is 0 Å². The van der Waals surface area contributed by atoms with E-state index in [4.69, 9.17) is 16.3 Å². The molecule has 0 aliphatic rings. The molecule has 144 valence electrons. The maximum Gasteiger partial charge on any atom is 0.119 e. The van der Waals surface area contributed by atoms with E-state index in [-0.39, 0.29) is 0 Å². The van der Waals surface area contributed by atoms with Crippen LogP contribution in [0, 0.1) is 0 Å². The van der Waals surface area contributed by atoms with Crippen LogP contribution in [-0.2, 0) is 13.0 Å². The zero-order chi connectivity index (χ0) is 19.3. The van der Waals surface area contributed by atoms with Gasteiger partial charge in [-0.3, -0.25) is 0 Å². The van der Waals surface area contributed by atoms with Gasteiger partial charge in [0.2, 0.25) is 0 Å². The zero-order valence-corrected chi connectivity index (χ0v) is 16.4. The molecule has 7 heteroatoms. The highest BCUT2D eigenvalue weighted by molar-refractivity contribution is 6.31. The highest BCUT2D eigenvalue weighted by atomic mass is 35.5. The van der Waals surface area contributed by atoms with Gasteiger partial charge < -0.3 is 15.0 Å². The molecule has 0 fully saturated rings. The highest BCUT2D eigenvalue weighted by Gasteiger charge is 2.07. The lowest BCUT2D eigenvalue weighted by Crippen LogP contribution is -2.17. The van der Waals surface area contributed by atoms with Crippen molar-refractivity contribution in [2.75, 3.05) is 13.7 Å². The number of fused-ring (bicyclic) bond motifs is 1. The SMILES string of the molecule is COc1ccc(-n2cccn2)c(CNCCCc2nc3ccc(Cl)cc3[nH]2)c1. The number of hydrogen-bond acceptors (Lipinski definition) is 4. The molecule has 0 bridgehead atoms. The first-order valence-electron chi connectivity index (χ1n) is 9.25. The van der Waals surface area contributed by atoms with Gasteiger partial charge in [-0.15, -0.1) is 0 Å². The molecule has 4 rings (SSSR count). The number of aryl methyl sites for hydroxylation is 1. The molecular weight excluding hydrogens is 374 g/mol. The molecule has 0 aliphatic heterocycles. The van der Waals surface area contributed by atoms with Gasteiger partial charge in [-0.25, -0.2) is 9.67 Å². The predicted octanol–water partition coefficient (Wildman–Crippen LogP) is 4.13. The summed E-state index contributed by atoms with van der Waals surface area (Å²) in [5.74, 6) is 1.83. The summed E-state index contributed by atoms with van der Waals surface area (Å²) in [5, 5.41) is 8.57. The Hall–Kier alpha value is -2.83. The van der Waals surface area contributed by atoms with E-state index in [1.807, 2.05) is 53.3 Å². The van der Waals surface area contributed by atoms with Gasteiger partial charge in [0, 0.05) is 30.4 Å². The van der Waals surface area contributed by atoms with Crippen molar-refractivity contribution < 1.29 is 4.74 Å². The van der Waals surface area contributed by atoms with Gasteiger partial charge in [0.05, 0.1) is 23.8 Å². The minimum Gasteiger partial charge on any atom is -0.497 e. The number of aromatic nitrogens is 4. The number of rotatable bonds is 8. The van der Waals surface area contributed by atoms with Crippen molar-refractivity contribution in [3.05, 3.63) is 71.3 Å². The van der Waals surface area contributed by atoms with E-state index in [1.54, 1.807) is 13.3 Å². The van der Waals surface area contributed by atoms with E-state index >= 15 is 0 Å². The van der Waals surface area contributed by atoms with Crippen LogP contribution in [0.15, 0.2) is 54.9 Å². The van der Waals surface area contributed by atoms with Gasteiger partial charge in [-0.1, -0.05) is 11.6 Å². The Kier molecular flexibility index (Phi) is 5.60.